The molecule has 0 aromatic heterocycles. The van der Waals surface area contributed by atoms with Crippen LogP contribution in [-0.2, 0) is 28.5 Å². The van der Waals surface area contributed by atoms with Crippen LogP contribution in [0.4, 0.5) is 10.5 Å². The Morgan fingerprint density at radius 1 is 1.00 bits per heavy atom. The molecule has 0 radical (unpaired) electrons. The van der Waals surface area contributed by atoms with Gasteiger partial charge in [0, 0.05) is 51.6 Å². The molecule has 228 valence electrons. The van der Waals surface area contributed by atoms with Crippen LogP contribution in [0.5, 0.6) is 11.5 Å². The van der Waals surface area contributed by atoms with Crippen molar-refractivity contribution in [1.29, 1.82) is 0 Å². The molecule has 0 unspecified atom stereocenters. The molecule has 11 heteroatoms. The number of primary amides is 1. The van der Waals surface area contributed by atoms with Gasteiger partial charge in [0.05, 0.1) is 24.0 Å². The van der Waals surface area contributed by atoms with Crippen molar-refractivity contribution in [2.75, 3.05) is 33.8 Å². The average Bonchev–Trinajstić information content (AvgIpc) is 2.91. The molecule has 1 aliphatic heterocycles. The largest absolute Gasteiger partial charge is 0.508 e. The van der Waals surface area contributed by atoms with Crippen molar-refractivity contribution in [3.8, 4) is 11.5 Å². The van der Waals surface area contributed by atoms with Crippen LogP contribution < -0.4 is 11.1 Å². The second-order valence-electron chi connectivity index (χ2n) is 10.3. The Kier molecular flexibility index (Phi) is 12.8. The smallest absolute Gasteiger partial charge is 0.405 e. The number of ether oxygens (including phenoxy) is 5. The third kappa shape index (κ3) is 8.80. The molecule has 7 atom stereocenters. The maximum absolute atomic E-state index is 12.9. The van der Waals surface area contributed by atoms with Gasteiger partial charge in [-0.25, -0.2) is 4.79 Å². The Labute approximate surface area is 241 Å². The first-order valence-corrected chi connectivity index (χ1v) is 13.4. The van der Waals surface area contributed by atoms with Gasteiger partial charge in [-0.2, -0.15) is 0 Å². The van der Waals surface area contributed by atoms with E-state index in [4.69, 9.17) is 29.4 Å². The molecule has 0 spiro atoms. The number of hydrogen-bond donors (Lipinski definition) is 4. The van der Waals surface area contributed by atoms with E-state index < -0.39 is 42.5 Å². The summed E-state index contributed by atoms with van der Waals surface area (Å²) in [4.78, 5) is 24.7. The Hall–Kier alpha value is -3.38. The number of rotatable bonds is 5. The molecule has 41 heavy (non-hydrogen) atoms. The van der Waals surface area contributed by atoms with E-state index >= 15 is 0 Å². The van der Waals surface area contributed by atoms with Crippen molar-refractivity contribution in [2.24, 2.45) is 17.6 Å². The van der Waals surface area contributed by atoms with E-state index in [1.54, 1.807) is 46.3 Å². The molecule has 0 fully saturated rings. The summed E-state index contributed by atoms with van der Waals surface area (Å²) >= 11 is 0. The highest BCUT2D eigenvalue weighted by Crippen LogP contribution is 2.41. The number of nitrogens with one attached hydrogen (secondary N) is 1. The number of phenolic OH excluding ortho intramolecular Hbond substituents is 2. The van der Waals surface area contributed by atoms with E-state index in [0.717, 1.165) is 0 Å². The summed E-state index contributed by atoms with van der Waals surface area (Å²) < 4.78 is 28.6. The Morgan fingerprint density at radius 2 is 1.68 bits per heavy atom. The fraction of sp³-hybridized carbons (Fsp3) is 0.533. The number of anilines is 1. The summed E-state index contributed by atoms with van der Waals surface area (Å²) in [6, 6.07) is 2.68. The van der Waals surface area contributed by atoms with E-state index in [2.05, 4.69) is 5.32 Å². The maximum Gasteiger partial charge on any atom is 0.405 e. The highest BCUT2D eigenvalue weighted by atomic mass is 16.6. The van der Waals surface area contributed by atoms with E-state index in [9.17, 15) is 19.8 Å². The number of methoxy groups -OCH3 is 4. The molecular formula is C30H44N2O9. The second kappa shape index (κ2) is 15.6. The number of fused-ring (bicyclic) bond motifs is 2. The van der Waals surface area contributed by atoms with Crippen LogP contribution in [0.2, 0.25) is 0 Å². The molecule has 2 bridgehead atoms. The number of amides is 2. The lowest BCUT2D eigenvalue weighted by molar-refractivity contribution is -0.112. The monoisotopic (exact) mass is 576 g/mol. The van der Waals surface area contributed by atoms with Crippen LogP contribution in [0.15, 0.2) is 47.6 Å². The van der Waals surface area contributed by atoms with Crippen molar-refractivity contribution in [1.82, 2.24) is 0 Å². The number of aromatic hydroxyl groups is 2. The van der Waals surface area contributed by atoms with Crippen LogP contribution >= 0.6 is 0 Å². The molecule has 0 saturated heterocycles. The van der Waals surface area contributed by atoms with Gasteiger partial charge in [0.25, 0.3) is 5.91 Å². The number of allylic oxidation sites excluding steroid dienone is 2. The Balaban J connectivity index is 2.71. The lowest BCUT2D eigenvalue weighted by Crippen LogP contribution is -2.38. The average molecular weight is 577 g/mol. The highest BCUT2D eigenvalue weighted by Gasteiger charge is 2.33. The van der Waals surface area contributed by atoms with Crippen molar-refractivity contribution < 1.29 is 43.5 Å². The molecule has 1 heterocycles. The standard InChI is InChI=1S/C30H44N2O9/c1-16-10-9-11-23(37-5)28(41-30(31)36)18(3)12-17(2)27(40-8)24(38-6)13-19(4)26(39-7)21-14-20(33)15-22(25(21)34)32-29(16)35/h9-12,14-15,17,19,23-24,26-28,33-34H,13H2,1-8H3,(H2,31,36)(H,32,35)/t17-,19-,23-,24+,26+,27+,28-/m0/s1. The first kappa shape index (κ1) is 33.8. The normalized spacial score (nSPS) is 28.4. The van der Waals surface area contributed by atoms with Gasteiger partial charge in [-0.05, 0) is 37.8 Å². The number of benzene rings is 1. The summed E-state index contributed by atoms with van der Waals surface area (Å²) in [5.41, 5.74) is 6.71. The minimum absolute atomic E-state index is 0.0325. The first-order valence-electron chi connectivity index (χ1n) is 13.4. The van der Waals surface area contributed by atoms with Gasteiger partial charge < -0.3 is 44.9 Å². The van der Waals surface area contributed by atoms with Gasteiger partial charge in [0.15, 0.2) is 6.10 Å². The predicted octanol–water partition coefficient (Wildman–Crippen LogP) is 4.36. The van der Waals surface area contributed by atoms with Gasteiger partial charge in [-0.15, -0.1) is 0 Å². The van der Waals surface area contributed by atoms with Crippen LogP contribution in [0.25, 0.3) is 0 Å². The predicted molar refractivity (Wildman–Crippen MR) is 155 cm³/mol. The summed E-state index contributed by atoms with van der Waals surface area (Å²) in [7, 11) is 6.15. The molecule has 1 aromatic rings. The van der Waals surface area contributed by atoms with E-state index in [1.165, 1.54) is 26.4 Å². The van der Waals surface area contributed by atoms with Gasteiger partial charge in [-0.1, -0.05) is 38.2 Å². The Morgan fingerprint density at radius 3 is 2.24 bits per heavy atom. The van der Waals surface area contributed by atoms with Crippen molar-refractivity contribution in [3.63, 3.8) is 0 Å². The van der Waals surface area contributed by atoms with E-state index in [1.807, 2.05) is 19.9 Å². The van der Waals surface area contributed by atoms with Crippen molar-refractivity contribution in [3.05, 3.63) is 53.1 Å². The van der Waals surface area contributed by atoms with Crippen molar-refractivity contribution in [2.45, 2.75) is 64.6 Å². The molecule has 2 amide bonds. The van der Waals surface area contributed by atoms with Crippen LogP contribution in [-0.4, -0.2) is 75.1 Å². The maximum atomic E-state index is 12.9. The fourth-order valence-electron chi connectivity index (χ4n) is 5.24. The minimum atomic E-state index is -0.961. The van der Waals surface area contributed by atoms with Gasteiger partial charge in [0.2, 0.25) is 0 Å². The lowest BCUT2D eigenvalue weighted by Gasteiger charge is -2.33. The Bertz CT molecular complexity index is 1150. The van der Waals surface area contributed by atoms with Crippen molar-refractivity contribution >= 4 is 17.7 Å². The molecule has 1 aliphatic rings. The molecule has 0 aliphatic carbocycles. The number of hydrogen-bond acceptors (Lipinski definition) is 9. The van der Waals surface area contributed by atoms with Crippen LogP contribution in [0, 0.1) is 11.8 Å². The van der Waals surface area contributed by atoms with Crippen LogP contribution in [0.3, 0.4) is 0 Å². The number of carbonyl (C=O) groups is 2. The highest BCUT2D eigenvalue weighted by molar-refractivity contribution is 6.04. The van der Waals surface area contributed by atoms with Crippen LogP contribution in [0.1, 0.15) is 45.8 Å². The van der Waals surface area contributed by atoms with Gasteiger partial charge in [0.1, 0.15) is 17.6 Å². The lowest BCUT2D eigenvalue weighted by atomic mass is 9.86. The van der Waals surface area contributed by atoms with E-state index in [0.29, 0.717) is 23.1 Å². The topological polar surface area (TPSA) is 159 Å². The number of carbonyl (C=O) groups excluding carboxylic acids is 2. The van der Waals surface area contributed by atoms with E-state index in [-0.39, 0.29) is 29.0 Å². The molecule has 2 rings (SSSR count). The summed E-state index contributed by atoms with van der Waals surface area (Å²) in [5, 5.41) is 24.2. The van der Waals surface area contributed by atoms with Gasteiger partial charge >= 0.3 is 6.09 Å². The first-order chi connectivity index (χ1) is 19.4. The molecule has 1 aromatic carbocycles. The fourth-order valence-corrected chi connectivity index (χ4v) is 5.24. The zero-order chi connectivity index (χ0) is 30.9. The number of phenols is 2. The second-order valence-corrected chi connectivity index (χ2v) is 10.3. The molecular weight excluding hydrogens is 532 g/mol. The third-order valence-corrected chi connectivity index (χ3v) is 7.31. The summed E-state index contributed by atoms with van der Waals surface area (Å²) in [5.74, 6) is -1.30. The quantitative estimate of drug-likeness (QED) is 0.227. The van der Waals surface area contributed by atoms with Gasteiger partial charge in [-0.3, -0.25) is 4.79 Å². The SMILES string of the molecule is CO[C@@H]1[C@@H](C)C=C(C)[C@H](OC(N)=O)[C@@H](OC)C=CC=C(C)C(=O)Nc2cc(O)cc(c2O)[C@H](OC)[C@@H](C)C[C@H]1OC. The zero-order valence-electron chi connectivity index (χ0n) is 25.0. The number of nitrogens with two attached hydrogens (primary N) is 1. The third-order valence-electron chi connectivity index (χ3n) is 7.31. The summed E-state index contributed by atoms with van der Waals surface area (Å²) in [6.45, 7) is 7.29. The molecule has 0 saturated carbocycles. The molecule has 5 N–H and O–H groups in total. The zero-order valence-corrected chi connectivity index (χ0v) is 25.0. The minimum Gasteiger partial charge on any atom is -0.508 e. The molecule has 11 nitrogen and oxygen atoms in total. The summed E-state index contributed by atoms with van der Waals surface area (Å²) in [6.07, 6.45) is 3.14.